The van der Waals surface area contributed by atoms with Crippen LogP contribution in [0.3, 0.4) is 0 Å². The largest absolute Gasteiger partial charge is 0.490 e. The molecule has 0 saturated heterocycles. The molecule has 72 valence electrons. The molecule has 4 radical (unpaired) electrons. The zero-order valence-electron chi connectivity index (χ0n) is 8.37. The summed E-state index contributed by atoms with van der Waals surface area (Å²) in [4.78, 5) is 19.9. The number of carbonyl (C=O) groups excluding carboxylic acids is 1. The number of carboxylic acid groups (broad SMARTS) is 1. The highest BCUT2D eigenvalue weighted by molar-refractivity contribution is 6.56. The summed E-state index contributed by atoms with van der Waals surface area (Å²) in [5, 5.41) is 9.94. The Morgan fingerprint density at radius 3 is 1.31 bits per heavy atom. The maximum atomic E-state index is 9.85. The molecule has 0 bridgehead atoms. The minimum absolute atomic E-state index is 0.407. The van der Waals surface area contributed by atoms with Gasteiger partial charge in [-0.2, -0.15) is 0 Å². The lowest BCUT2D eigenvalue weighted by Gasteiger charge is -2.03. The maximum Gasteiger partial charge on any atom is 0.233 e. The van der Waals surface area contributed by atoms with Crippen molar-refractivity contribution in [1.29, 1.82) is 0 Å². The molecule has 0 aromatic carbocycles. The van der Waals surface area contributed by atoms with Gasteiger partial charge in [0.05, 0.1) is 0 Å². The van der Waals surface area contributed by atoms with Crippen molar-refractivity contribution < 1.29 is 14.7 Å². The van der Waals surface area contributed by atoms with E-state index in [0.717, 1.165) is 0 Å². The molecule has 0 heterocycles. The fourth-order valence-corrected chi connectivity index (χ4v) is 0. The van der Waals surface area contributed by atoms with Gasteiger partial charge in [-0.15, -0.1) is 0 Å². The topological polar surface area (TPSA) is 69.6 Å². The molecule has 2 N–H and O–H groups in total. The van der Waals surface area contributed by atoms with E-state index in [2.05, 4.69) is 13.2 Å². The van der Waals surface area contributed by atoms with Crippen LogP contribution < -0.4 is 5.32 Å². The zero-order valence-corrected chi connectivity index (χ0v) is 8.37. The van der Waals surface area contributed by atoms with E-state index in [1.54, 1.807) is 14.1 Å². The number of hydrogen-bond acceptors (Lipinski definition) is 3. The maximum absolute atomic E-state index is 9.85. The van der Waals surface area contributed by atoms with Crippen LogP contribution in [0.2, 0.25) is 0 Å². The second-order valence-electron chi connectivity index (χ2n) is 2.07. The molecule has 0 spiro atoms. The van der Waals surface area contributed by atoms with Gasteiger partial charge in [-0.25, -0.2) is 0 Å². The summed E-state index contributed by atoms with van der Waals surface area (Å²) in [6, 6.07) is 0. The summed E-state index contributed by atoms with van der Waals surface area (Å²) in [6.45, 7) is 0. The first-order valence-electron chi connectivity index (χ1n) is 3.33. The second-order valence-corrected chi connectivity index (χ2v) is 2.07. The van der Waals surface area contributed by atoms with Gasteiger partial charge in [0, 0.05) is 14.1 Å². The Balaban J connectivity index is -0.000000125. The molecule has 5 nitrogen and oxygen atoms in total. The van der Waals surface area contributed by atoms with Gasteiger partial charge in [-0.05, 0) is 14.1 Å². The minimum atomic E-state index is -1.33. The molecule has 0 unspecified atom stereocenters. The summed E-state index contributed by atoms with van der Waals surface area (Å²) >= 11 is 0. The van der Waals surface area contributed by atoms with Crippen LogP contribution in [0, 0.1) is 0 Å². The molecule has 0 atom stereocenters. The van der Waals surface area contributed by atoms with Crippen LogP contribution in [0.15, 0.2) is 0 Å². The van der Waals surface area contributed by atoms with Crippen LogP contribution >= 0.6 is 0 Å². The highest BCUT2D eigenvalue weighted by Crippen LogP contribution is 1.69. The van der Waals surface area contributed by atoms with Gasteiger partial charge in [-0.1, -0.05) is 0 Å². The van der Waals surface area contributed by atoms with Crippen molar-refractivity contribution in [3.05, 3.63) is 0 Å². The van der Waals surface area contributed by atoms with Crippen LogP contribution in [-0.2, 0) is 0 Å². The molecule has 13 heavy (non-hydrogen) atoms. The average Bonchev–Trinajstić information content (AvgIpc) is 1.87. The van der Waals surface area contributed by atoms with E-state index in [1.807, 2.05) is 14.1 Å². The van der Waals surface area contributed by atoms with Crippen molar-refractivity contribution in [3.8, 4) is 0 Å². The van der Waals surface area contributed by atoms with Crippen molar-refractivity contribution in [3.63, 3.8) is 0 Å². The van der Waals surface area contributed by atoms with Crippen molar-refractivity contribution in [2.75, 3.05) is 28.2 Å². The van der Waals surface area contributed by atoms with E-state index in [9.17, 15) is 4.79 Å². The van der Waals surface area contributed by atoms with E-state index >= 15 is 0 Å². The Kier molecular flexibility index (Phi) is 18.8. The minimum Gasteiger partial charge on any atom is -0.490 e. The average molecular weight is 184 g/mol. The highest BCUT2D eigenvalue weighted by atomic mass is 16.4. The lowest BCUT2D eigenvalue weighted by molar-refractivity contribution is 0.220. The summed E-state index contributed by atoms with van der Waals surface area (Å²) in [5.74, 6) is -1.74. The lowest BCUT2D eigenvalue weighted by Crippen LogP contribution is -2.18. The number of hydrogen-bond donors (Lipinski definition) is 2. The molecule has 0 aromatic rings. The number of rotatable bonds is 0. The summed E-state index contributed by atoms with van der Waals surface area (Å²) in [6.07, 6.45) is 0. The number of nitrogens with one attached hydrogen (secondary N) is 1. The van der Waals surface area contributed by atoms with Crippen LogP contribution in [0.4, 0.5) is 9.59 Å². The lowest BCUT2D eigenvalue weighted by atomic mass is 10.1. The predicted molar refractivity (Wildman–Crippen MR) is 53.6 cm³/mol. The van der Waals surface area contributed by atoms with Gasteiger partial charge < -0.3 is 15.3 Å². The monoisotopic (exact) mass is 184 g/mol. The van der Waals surface area contributed by atoms with Crippen molar-refractivity contribution in [2.24, 2.45) is 0 Å². The Morgan fingerprint density at radius 2 is 1.31 bits per heavy atom. The van der Waals surface area contributed by atoms with Crippen LogP contribution in [0.5, 0.6) is 0 Å². The van der Waals surface area contributed by atoms with Gasteiger partial charge >= 0.3 is 0 Å². The standard InChI is InChI=1S/C3H6BNO.C2H7N.CHBO2/c1-5(2)3(4)6;1-3-2;2-1(3)4/h1-2H3;3H,1-2H3;(H,3,4). The Morgan fingerprint density at radius 1 is 1.23 bits per heavy atom. The number of nitrogens with zero attached hydrogens (tertiary/aromatic N) is 1. The van der Waals surface area contributed by atoms with E-state index in [1.165, 1.54) is 4.90 Å². The SMILES string of the molecule is CNC.[B]C(=O)N(C)C.[B]C(=O)O. The third-order valence-corrected chi connectivity index (χ3v) is 0.441. The van der Waals surface area contributed by atoms with E-state index < -0.39 is 11.7 Å². The highest BCUT2D eigenvalue weighted by Gasteiger charge is 1.87. The summed E-state index contributed by atoms with van der Waals surface area (Å²) < 4.78 is 0. The molecule has 0 rings (SSSR count). The Bertz CT molecular complexity index is 138. The predicted octanol–water partition coefficient (Wildman–Crippen LogP) is -0.495. The number of amides is 1. The third-order valence-electron chi connectivity index (χ3n) is 0.441. The summed E-state index contributed by atoms with van der Waals surface area (Å²) in [5.41, 5.74) is 0. The number of carbonyl (C=O) groups is 2. The zero-order chi connectivity index (χ0) is 11.4. The second kappa shape index (κ2) is 13.6. The van der Waals surface area contributed by atoms with Gasteiger partial charge in [0.15, 0.2) is 5.81 Å². The van der Waals surface area contributed by atoms with Crippen molar-refractivity contribution >= 4 is 27.4 Å². The quantitative estimate of drug-likeness (QED) is 0.498. The fraction of sp³-hybridized carbons (Fsp3) is 0.667. The van der Waals surface area contributed by atoms with Crippen molar-refractivity contribution in [1.82, 2.24) is 10.2 Å². The smallest absolute Gasteiger partial charge is 0.233 e. The normalized spacial score (nSPS) is 6.77. The van der Waals surface area contributed by atoms with Gasteiger partial charge in [-0.3, -0.25) is 9.59 Å². The molecule has 0 aliphatic carbocycles. The summed E-state index contributed by atoms with van der Waals surface area (Å²) in [7, 11) is 15.7. The van der Waals surface area contributed by atoms with Gasteiger partial charge in [0.1, 0.15) is 0 Å². The van der Waals surface area contributed by atoms with Crippen LogP contribution in [-0.4, -0.2) is 65.6 Å². The molecule has 0 aliphatic heterocycles. The Hall–Kier alpha value is -0.970. The molecule has 0 saturated carbocycles. The fourth-order valence-electron chi connectivity index (χ4n) is 0. The first kappa shape index (κ1) is 17.9. The Labute approximate surface area is 81.3 Å². The van der Waals surface area contributed by atoms with Crippen LogP contribution in [0.1, 0.15) is 0 Å². The first-order chi connectivity index (χ1) is 5.79. The first-order valence-corrected chi connectivity index (χ1v) is 3.33. The molecule has 1 amide bonds. The van der Waals surface area contributed by atoms with Crippen molar-refractivity contribution in [2.45, 2.75) is 0 Å². The van der Waals surface area contributed by atoms with E-state index in [4.69, 9.17) is 17.7 Å². The van der Waals surface area contributed by atoms with E-state index in [-0.39, 0.29) is 0 Å². The van der Waals surface area contributed by atoms with Gasteiger partial charge in [0.25, 0.3) is 0 Å². The van der Waals surface area contributed by atoms with Crippen LogP contribution in [0.25, 0.3) is 0 Å². The third kappa shape index (κ3) is 98.0. The molecule has 7 heteroatoms. The molecular formula is C6H14B2N2O3. The van der Waals surface area contributed by atoms with E-state index in [0.29, 0.717) is 0 Å². The molecule has 0 fully saturated rings. The molecular weight excluding hydrogens is 170 g/mol. The molecule has 0 aromatic heterocycles. The molecule has 0 aliphatic rings. The van der Waals surface area contributed by atoms with Gasteiger partial charge in [0.2, 0.25) is 21.6 Å².